The summed E-state index contributed by atoms with van der Waals surface area (Å²) in [6.07, 6.45) is 11.4. The minimum Gasteiger partial charge on any atom is -0.394 e. The van der Waals surface area contributed by atoms with Gasteiger partial charge in [0, 0.05) is 11.0 Å². The molecule has 3 heteroatoms. The fourth-order valence-corrected chi connectivity index (χ4v) is 3.20. The lowest BCUT2D eigenvalue weighted by atomic mass is 10.1. The van der Waals surface area contributed by atoms with Crippen LogP contribution < -0.4 is 0 Å². The SMILES string of the molecule is CCCCCCCCCC(CC)SCC(O)CO. The van der Waals surface area contributed by atoms with Gasteiger partial charge in [-0.1, -0.05) is 58.8 Å². The molecule has 0 aromatic heterocycles. The Morgan fingerprint density at radius 2 is 1.56 bits per heavy atom. The molecule has 0 aromatic carbocycles. The summed E-state index contributed by atoms with van der Waals surface area (Å²) in [5.41, 5.74) is 0. The van der Waals surface area contributed by atoms with E-state index in [-0.39, 0.29) is 6.61 Å². The van der Waals surface area contributed by atoms with Crippen LogP contribution in [0.15, 0.2) is 0 Å². The second-order valence-corrected chi connectivity index (χ2v) is 6.44. The lowest BCUT2D eigenvalue weighted by molar-refractivity contribution is 0.113. The predicted octanol–water partition coefficient (Wildman–Crippen LogP) is 3.99. The lowest BCUT2D eigenvalue weighted by Crippen LogP contribution is -2.17. The Morgan fingerprint density at radius 1 is 0.944 bits per heavy atom. The highest BCUT2D eigenvalue weighted by atomic mass is 32.2. The molecule has 2 atom stereocenters. The molecule has 2 N–H and O–H groups in total. The van der Waals surface area contributed by atoms with Gasteiger partial charge in [-0.25, -0.2) is 0 Å². The molecule has 18 heavy (non-hydrogen) atoms. The van der Waals surface area contributed by atoms with Crippen molar-refractivity contribution < 1.29 is 10.2 Å². The Bertz CT molecular complexity index is 165. The zero-order valence-corrected chi connectivity index (χ0v) is 13.1. The molecule has 0 aromatic rings. The Balaban J connectivity index is 3.38. The molecule has 2 unspecified atom stereocenters. The van der Waals surface area contributed by atoms with Crippen molar-refractivity contribution in [3.8, 4) is 0 Å². The zero-order valence-electron chi connectivity index (χ0n) is 12.2. The summed E-state index contributed by atoms with van der Waals surface area (Å²) >= 11 is 1.82. The summed E-state index contributed by atoms with van der Waals surface area (Å²) in [6, 6.07) is 0. The van der Waals surface area contributed by atoms with Gasteiger partial charge < -0.3 is 10.2 Å². The zero-order chi connectivity index (χ0) is 13.6. The summed E-state index contributed by atoms with van der Waals surface area (Å²) in [5.74, 6) is 0.672. The van der Waals surface area contributed by atoms with Crippen molar-refractivity contribution in [3.63, 3.8) is 0 Å². The number of aliphatic hydroxyl groups is 2. The molecule has 0 spiro atoms. The van der Waals surface area contributed by atoms with Crippen molar-refractivity contribution in [2.75, 3.05) is 12.4 Å². The van der Waals surface area contributed by atoms with Gasteiger partial charge >= 0.3 is 0 Å². The molecule has 0 saturated carbocycles. The Labute approximate surface area is 118 Å². The van der Waals surface area contributed by atoms with Crippen LogP contribution in [0.2, 0.25) is 0 Å². The molecule has 2 nitrogen and oxygen atoms in total. The first-order valence-electron chi connectivity index (χ1n) is 7.65. The Morgan fingerprint density at radius 3 is 2.11 bits per heavy atom. The average Bonchev–Trinajstić information content (AvgIpc) is 2.40. The Kier molecular flexibility index (Phi) is 13.9. The summed E-state index contributed by atoms with van der Waals surface area (Å²) in [6.45, 7) is 4.36. The normalized spacial score (nSPS) is 14.7. The van der Waals surface area contributed by atoms with E-state index < -0.39 is 6.10 Å². The summed E-state index contributed by atoms with van der Waals surface area (Å²) < 4.78 is 0. The first-order chi connectivity index (χ1) is 8.74. The number of hydrogen-bond acceptors (Lipinski definition) is 3. The molecular weight excluding hydrogens is 244 g/mol. The second-order valence-electron chi connectivity index (χ2n) is 5.11. The van der Waals surface area contributed by atoms with Crippen molar-refractivity contribution in [1.29, 1.82) is 0 Å². The molecule has 0 bridgehead atoms. The molecule has 0 rings (SSSR count). The molecule has 0 aliphatic heterocycles. The maximum Gasteiger partial charge on any atom is 0.0861 e. The van der Waals surface area contributed by atoms with Gasteiger partial charge in [0.25, 0.3) is 0 Å². The monoisotopic (exact) mass is 276 g/mol. The minimum atomic E-state index is -0.543. The van der Waals surface area contributed by atoms with Gasteiger partial charge in [-0.2, -0.15) is 11.8 Å². The van der Waals surface area contributed by atoms with Crippen LogP contribution in [0, 0.1) is 0 Å². The third kappa shape index (κ3) is 11.4. The largest absolute Gasteiger partial charge is 0.394 e. The van der Waals surface area contributed by atoms with Crippen molar-refractivity contribution in [2.24, 2.45) is 0 Å². The van der Waals surface area contributed by atoms with Crippen LogP contribution in [0.5, 0.6) is 0 Å². The molecule has 0 aliphatic carbocycles. The molecule has 0 amide bonds. The van der Waals surface area contributed by atoms with Crippen LogP contribution in [-0.4, -0.2) is 33.9 Å². The van der Waals surface area contributed by atoms with Gasteiger partial charge in [-0.05, 0) is 12.8 Å². The molecule has 110 valence electrons. The lowest BCUT2D eigenvalue weighted by Gasteiger charge is -2.16. The molecule has 0 saturated heterocycles. The summed E-state index contributed by atoms with van der Waals surface area (Å²) in [4.78, 5) is 0. The maximum atomic E-state index is 9.32. The van der Waals surface area contributed by atoms with Crippen LogP contribution >= 0.6 is 11.8 Å². The van der Waals surface area contributed by atoms with Crippen LogP contribution in [0.1, 0.15) is 71.6 Å². The van der Waals surface area contributed by atoms with Gasteiger partial charge in [0.05, 0.1) is 12.7 Å². The average molecular weight is 276 g/mol. The van der Waals surface area contributed by atoms with Crippen LogP contribution in [0.25, 0.3) is 0 Å². The van der Waals surface area contributed by atoms with Gasteiger partial charge in [0.2, 0.25) is 0 Å². The minimum absolute atomic E-state index is 0.110. The van der Waals surface area contributed by atoms with E-state index in [4.69, 9.17) is 5.11 Å². The van der Waals surface area contributed by atoms with Crippen molar-refractivity contribution >= 4 is 11.8 Å². The summed E-state index contributed by atoms with van der Waals surface area (Å²) in [5, 5.41) is 18.8. The van der Waals surface area contributed by atoms with Crippen molar-refractivity contribution in [1.82, 2.24) is 0 Å². The van der Waals surface area contributed by atoms with Gasteiger partial charge in [-0.15, -0.1) is 0 Å². The van der Waals surface area contributed by atoms with Crippen LogP contribution in [0.4, 0.5) is 0 Å². The van der Waals surface area contributed by atoms with E-state index >= 15 is 0 Å². The molecule has 0 aliphatic rings. The number of hydrogen-bond donors (Lipinski definition) is 2. The highest BCUT2D eigenvalue weighted by Gasteiger charge is 2.09. The van der Waals surface area contributed by atoms with Crippen LogP contribution in [-0.2, 0) is 0 Å². The third-order valence-electron chi connectivity index (χ3n) is 3.32. The van der Waals surface area contributed by atoms with Gasteiger partial charge in [0.15, 0.2) is 0 Å². The quantitative estimate of drug-likeness (QED) is 0.500. The fraction of sp³-hybridized carbons (Fsp3) is 1.00. The first kappa shape index (κ1) is 18.3. The number of rotatable bonds is 13. The molecule has 0 fully saturated rings. The topological polar surface area (TPSA) is 40.5 Å². The van der Waals surface area contributed by atoms with Crippen molar-refractivity contribution in [2.45, 2.75) is 83.0 Å². The smallest absolute Gasteiger partial charge is 0.0861 e. The number of thioether (sulfide) groups is 1. The maximum absolute atomic E-state index is 9.32. The van der Waals surface area contributed by atoms with E-state index in [9.17, 15) is 5.11 Å². The van der Waals surface area contributed by atoms with Crippen molar-refractivity contribution in [3.05, 3.63) is 0 Å². The van der Waals surface area contributed by atoms with E-state index in [1.807, 2.05) is 11.8 Å². The van der Waals surface area contributed by atoms with E-state index in [0.29, 0.717) is 11.0 Å². The van der Waals surface area contributed by atoms with Gasteiger partial charge in [0.1, 0.15) is 0 Å². The standard InChI is InChI=1S/C15H32O2S/c1-3-5-6-7-8-9-10-11-15(4-2)18-13-14(17)12-16/h14-17H,3-13H2,1-2H3. The molecule has 0 heterocycles. The van der Waals surface area contributed by atoms with E-state index in [2.05, 4.69) is 13.8 Å². The fourth-order valence-electron chi connectivity index (χ4n) is 2.03. The van der Waals surface area contributed by atoms with E-state index in [1.54, 1.807) is 0 Å². The van der Waals surface area contributed by atoms with Gasteiger partial charge in [-0.3, -0.25) is 0 Å². The third-order valence-corrected chi connectivity index (χ3v) is 4.94. The highest BCUT2D eigenvalue weighted by Crippen LogP contribution is 2.22. The molecular formula is C15H32O2S. The Hall–Kier alpha value is 0.270. The highest BCUT2D eigenvalue weighted by molar-refractivity contribution is 7.99. The summed E-state index contributed by atoms with van der Waals surface area (Å²) in [7, 11) is 0. The number of unbranched alkanes of at least 4 members (excludes halogenated alkanes) is 6. The second kappa shape index (κ2) is 13.7. The number of aliphatic hydroxyl groups excluding tert-OH is 2. The first-order valence-corrected chi connectivity index (χ1v) is 8.69. The van der Waals surface area contributed by atoms with E-state index in [1.165, 1.54) is 57.8 Å². The van der Waals surface area contributed by atoms with E-state index in [0.717, 1.165) is 0 Å². The molecule has 0 radical (unpaired) electrons. The van der Waals surface area contributed by atoms with Crippen LogP contribution in [0.3, 0.4) is 0 Å². The predicted molar refractivity (Wildman–Crippen MR) is 82.2 cm³/mol.